The highest BCUT2D eigenvalue weighted by atomic mass is 19.1. The number of rotatable bonds is 4. The van der Waals surface area contributed by atoms with Crippen molar-refractivity contribution in [3.05, 3.63) is 12.2 Å². The van der Waals surface area contributed by atoms with Crippen LogP contribution >= 0.6 is 0 Å². The van der Waals surface area contributed by atoms with Crippen LogP contribution in [0.1, 0.15) is 73.1 Å². The standard InChI is InChI=1S/C16H29F/c1-7-14(4,5)13(3)16(8-2)11-9-15(6,17)10-12-16/h3,7-12H2,1-2,4-6H3. The van der Waals surface area contributed by atoms with Crippen LogP contribution in [0.25, 0.3) is 0 Å². The lowest BCUT2D eigenvalue weighted by Crippen LogP contribution is -2.38. The highest BCUT2D eigenvalue weighted by molar-refractivity contribution is 5.19. The lowest BCUT2D eigenvalue weighted by Gasteiger charge is -2.47. The minimum absolute atomic E-state index is 0.181. The van der Waals surface area contributed by atoms with E-state index in [1.807, 2.05) is 0 Å². The predicted molar refractivity (Wildman–Crippen MR) is 73.9 cm³/mol. The Morgan fingerprint density at radius 1 is 1.18 bits per heavy atom. The normalized spacial score (nSPS) is 34.7. The van der Waals surface area contributed by atoms with E-state index in [1.165, 1.54) is 5.57 Å². The van der Waals surface area contributed by atoms with Gasteiger partial charge in [-0.1, -0.05) is 39.8 Å². The van der Waals surface area contributed by atoms with Gasteiger partial charge in [0.25, 0.3) is 0 Å². The van der Waals surface area contributed by atoms with Crippen LogP contribution in [-0.2, 0) is 0 Å². The Bertz CT molecular complexity index is 276. The van der Waals surface area contributed by atoms with Crippen molar-refractivity contribution < 1.29 is 4.39 Å². The SMILES string of the molecule is C=C(C(C)(C)CC)C1(CC)CCC(C)(F)CC1. The number of hydrogen-bond acceptors (Lipinski definition) is 0. The number of hydrogen-bond donors (Lipinski definition) is 0. The third-order valence-corrected chi connectivity index (χ3v) is 5.27. The number of alkyl halides is 1. The summed E-state index contributed by atoms with van der Waals surface area (Å²) in [4.78, 5) is 0. The van der Waals surface area contributed by atoms with Crippen LogP contribution in [0.2, 0.25) is 0 Å². The van der Waals surface area contributed by atoms with Gasteiger partial charge in [-0.05, 0) is 56.3 Å². The minimum Gasteiger partial charge on any atom is -0.244 e. The summed E-state index contributed by atoms with van der Waals surface area (Å²) >= 11 is 0. The van der Waals surface area contributed by atoms with Crippen LogP contribution in [0, 0.1) is 10.8 Å². The summed E-state index contributed by atoms with van der Waals surface area (Å²) in [7, 11) is 0. The third-order valence-electron chi connectivity index (χ3n) is 5.27. The molecule has 1 fully saturated rings. The third kappa shape index (κ3) is 2.92. The predicted octanol–water partition coefficient (Wildman–Crippen LogP) is 5.68. The van der Waals surface area contributed by atoms with E-state index < -0.39 is 5.67 Å². The van der Waals surface area contributed by atoms with E-state index in [0.717, 1.165) is 25.7 Å². The van der Waals surface area contributed by atoms with E-state index in [4.69, 9.17) is 0 Å². The molecule has 0 spiro atoms. The lowest BCUT2D eigenvalue weighted by molar-refractivity contribution is 0.0579. The van der Waals surface area contributed by atoms with Crippen LogP contribution in [0.4, 0.5) is 4.39 Å². The molecule has 0 radical (unpaired) electrons. The average Bonchev–Trinajstić information content (AvgIpc) is 2.29. The molecule has 1 rings (SSSR count). The van der Waals surface area contributed by atoms with E-state index in [9.17, 15) is 4.39 Å². The topological polar surface area (TPSA) is 0 Å². The second-order valence-corrected chi connectivity index (χ2v) is 6.76. The van der Waals surface area contributed by atoms with Gasteiger partial charge in [0.15, 0.2) is 0 Å². The van der Waals surface area contributed by atoms with Gasteiger partial charge in [-0.2, -0.15) is 0 Å². The second-order valence-electron chi connectivity index (χ2n) is 6.76. The summed E-state index contributed by atoms with van der Waals surface area (Å²) in [6, 6.07) is 0. The fourth-order valence-corrected chi connectivity index (χ4v) is 3.05. The largest absolute Gasteiger partial charge is 0.244 e. The van der Waals surface area contributed by atoms with E-state index in [2.05, 4.69) is 34.3 Å². The first kappa shape index (κ1) is 14.7. The van der Waals surface area contributed by atoms with E-state index in [-0.39, 0.29) is 10.8 Å². The highest BCUT2D eigenvalue weighted by Crippen LogP contribution is 2.53. The molecule has 0 aromatic carbocycles. The van der Waals surface area contributed by atoms with Gasteiger partial charge < -0.3 is 0 Å². The molecule has 0 aromatic rings. The molecule has 0 unspecified atom stereocenters. The number of allylic oxidation sites excluding steroid dienone is 1. The van der Waals surface area contributed by atoms with Crippen LogP contribution in [0.15, 0.2) is 12.2 Å². The summed E-state index contributed by atoms with van der Waals surface area (Å²) in [5.41, 5.74) is 0.769. The molecule has 0 heterocycles. The molecule has 17 heavy (non-hydrogen) atoms. The van der Waals surface area contributed by atoms with Gasteiger partial charge in [0.1, 0.15) is 5.67 Å². The Balaban J connectivity index is 2.88. The first-order valence-corrected chi connectivity index (χ1v) is 7.08. The maximum Gasteiger partial charge on any atom is 0.108 e. The zero-order chi connectivity index (χ0) is 13.3. The molecule has 1 aliphatic rings. The molecule has 0 atom stereocenters. The van der Waals surface area contributed by atoms with Crippen molar-refractivity contribution in [2.45, 2.75) is 78.8 Å². The molecular weight excluding hydrogens is 211 g/mol. The van der Waals surface area contributed by atoms with Gasteiger partial charge in [0, 0.05) is 0 Å². The van der Waals surface area contributed by atoms with Crippen molar-refractivity contribution in [2.75, 3.05) is 0 Å². The van der Waals surface area contributed by atoms with E-state index >= 15 is 0 Å². The molecular formula is C16H29F. The molecule has 0 N–H and O–H groups in total. The molecule has 100 valence electrons. The first-order chi connectivity index (χ1) is 7.69. The van der Waals surface area contributed by atoms with Gasteiger partial charge in [0.2, 0.25) is 0 Å². The maximum atomic E-state index is 14.0. The Morgan fingerprint density at radius 2 is 1.65 bits per heavy atom. The van der Waals surface area contributed by atoms with Gasteiger partial charge in [-0.15, -0.1) is 0 Å². The molecule has 0 aromatic heterocycles. The first-order valence-electron chi connectivity index (χ1n) is 7.08. The van der Waals surface area contributed by atoms with Gasteiger partial charge in [-0.3, -0.25) is 0 Å². The zero-order valence-corrected chi connectivity index (χ0v) is 12.3. The van der Waals surface area contributed by atoms with Crippen molar-refractivity contribution in [2.24, 2.45) is 10.8 Å². The van der Waals surface area contributed by atoms with Gasteiger partial charge in [0.05, 0.1) is 0 Å². The highest BCUT2D eigenvalue weighted by Gasteiger charge is 2.44. The molecule has 0 amide bonds. The molecule has 0 aliphatic heterocycles. The Morgan fingerprint density at radius 3 is 2.00 bits per heavy atom. The van der Waals surface area contributed by atoms with Crippen molar-refractivity contribution in [3.63, 3.8) is 0 Å². The fourth-order valence-electron chi connectivity index (χ4n) is 3.05. The van der Waals surface area contributed by atoms with Gasteiger partial charge in [-0.25, -0.2) is 4.39 Å². The summed E-state index contributed by atoms with van der Waals surface area (Å²) in [5.74, 6) is 0. The summed E-state index contributed by atoms with van der Waals surface area (Å²) in [6.07, 6.45) is 5.54. The van der Waals surface area contributed by atoms with Crippen LogP contribution in [0.3, 0.4) is 0 Å². The van der Waals surface area contributed by atoms with Crippen LogP contribution in [0.5, 0.6) is 0 Å². The molecule has 0 saturated heterocycles. The quantitative estimate of drug-likeness (QED) is 0.555. The monoisotopic (exact) mass is 240 g/mol. The van der Waals surface area contributed by atoms with Crippen molar-refractivity contribution >= 4 is 0 Å². The minimum atomic E-state index is -0.949. The van der Waals surface area contributed by atoms with Crippen molar-refractivity contribution in [3.8, 4) is 0 Å². The molecule has 1 aliphatic carbocycles. The maximum absolute atomic E-state index is 14.0. The van der Waals surface area contributed by atoms with Gasteiger partial charge >= 0.3 is 0 Å². The molecule has 0 nitrogen and oxygen atoms in total. The second kappa shape index (κ2) is 4.74. The summed E-state index contributed by atoms with van der Waals surface area (Å²) in [5, 5.41) is 0. The Hall–Kier alpha value is -0.330. The smallest absolute Gasteiger partial charge is 0.108 e. The van der Waals surface area contributed by atoms with Crippen LogP contribution < -0.4 is 0 Å². The van der Waals surface area contributed by atoms with Crippen LogP contribution in [-0.4, -0.2) is 5.67 Å². The number of halogens is 1. The average molecular weight is 240 g/mol. The zero-order valence-electron chi connectivity index (χ0n) is 12.3. The summed E-state index contributed by atoms with van der Waals surface area (Å²) in [6.45, 7) is 15.1. The lowest BCUT2D eigenvalue weighted by atomic mass is 9.58. The van der Waals surface area contributed by atoms with E-state index in [0.29, 0.717) is 12.8 Å². The Kier molecular flexibility index (Phi) is 4.11. The van der Waals surface area contributed by atoms with Crippen molar-refractivity contribution in [1.82, 2.24) is 0 Å². The molecule has 0 bridgehead atoms. The van der Waals surface area contributed by atoms with E-state index in [1.54, 1.807) is 6.92 Å². The molecule has 1 saturated carbocycles. The molecule has 1 heteroatoms. The van der Waals surface area contributed by atoms with Crippen molar-refractivity contribution in [1.29, 1.82) is 0 Å². The fraction of sp³-hybridized carbons (Fsp3) is 0.875. The Labute approximate surface area is 107 Å². The summed E-state index contributed by atoms with van der Waals surface area (Å²) < 4.78 is 14.0.